The van der Waals surface area contributed by atoms with Crippen molar-refractivity contribution >= 4 is 5.91 Å². The van der Waals surface area contributed by atoms with Crippen molar-refractivity contribution in [2.75, 3.05) is 13.1 Å². The minimum absolute atomic E-state index is 0.228. The molecule has 0 spiro atoms. The quantitative estimate of drug-likeness (QED) is 0.794. The Hall–Kier alpha value is -0.570. The second-order valence-electron chi connectivity index (χ2n) is 6.24. The summed E-state index contributed by atoms with van der Waals surface area (Å²) in [4.78, 5) is 14.3. The highest BCUT2D eigenvalue weighted by molar-refractivity contribution is 5.82. The molecule has 3 rings (SSSR count). The molecule has 2 N–H and O–H groups in total. The first-order valence-electron chi connectivity index (χ1n) is 7.30. The number of nitrogens with two attached hydrogens (primary N) is 1. The Labute approximate surface area is 104 Å². The van der Waals surface area contributed by atoms with Crippen molar-refractivity contribution < 1.29 is 4.79 Å². The zero-order valence-corrected chi connectivity index (χ0v) is 10.6. The van der Waals surface area contributed by atoms with Gasteiger partial charge in [0.1, 0.15) is 0 Å². The molecule has 1 heterocycles. The average molecular weight is 236 g/mol. The third-order valence-corrected chi connectivity index (χ3v) is 4.95. The molecule has 3 nitrogen and oxygen atoms in total. The molecule has 2 saturated carbocycles. The predicted octanol–water partition coefficient (Wildman–Crippen LogP) is 1.76. The maximum atomic E-state index is 12.3. The molecule has 1 aliphatic heterocycles. The van der Waals surface area contributed by atoms with Crippen molar-refractivity contribution in [3.8, 4) is 0 Å². The first-order valence-corrected chi connectivity index (χ1v) is 7.30. The summed E-state index contributed by atoms with van der Waals surface area (Å²) in [6.07, 6.45) is 9.07. The van der Waals surface area contributed by atoms with Crippen LogP contribution in [0, 0.1) is 17.8 Å². The normalized spacial score (nSPS) is 38.4. The van der Waals surface area contributed by atoms with Gasteiger partial charge < -0.3 is 10.6 Å². The third kappa shape index (κ3) is 2.35. The smallest absolute Gasteiger partial charge is 0.226 e. The van der Waals surface area contributed by atoms with Crippen LogP contribution in [0.2, 0.25) is 0 Å². The summed E-state index contributed by atoms with van der Waals surface area (Å²) < 4.78 is 0. The Bertz CT molecular complexity index is 299. The fraction of sp³-hybridized carbons (Fsp3) is 0.929. The fourth-order valence-electron chi connectivity index (χ4n) is 3.80. The predicted molar refractivity (Wildman–Crippen MR) is 67.3 cm³/mol. The van der Waals surface area contributed by atoms with Crippen LogP contribution in [-0.4, -0.2) is 29.9 Å². The molecular formula is C14H24N2O. The Morgan fingerprint density at radius 3 is 2.53 bits per heavy atom. The van der Waals surface area contributed by atoms with Gasteiger partial charge in [-0.3, -0.25) is 4.79 Å². The summed E-state index contributed by atoms with van der Waals surface area (Å²) >= 11 is 0. The summed E-state index contributed by atoms with van der Waals surface area (Å²) in [5.74, 6) is 2.35. The van der Waals surface area contributed by atoms with Crippen molar-refractivity contribution in [3.63, 3.8) is 0 Å². The standard InChI is InChI=1S/C14H24N2O/c15-11-6-7-16(9-11)14(17)13-8-12(13)10-4-2-1-3-5-10/h10-13H,1-9,15H2/t11-,12+,13-/m1/s1. The molecule has 96 valence electrons. The number of hydrogen-bond donors (Lipinski definition) is 1. The third-order valence-electron chi connectivity index (χ3n) is 4.95. The van der Waals surface area contributed by atoms with Gasteiger partial charge in [0.15, 0.2) is 0 Å². The highest BCUT2D eigenvalue weighted by atomic mass is 16.2. The first-order chi connectivity index (χ1) is 8.25. The lowest BCUT2D eigenvalue weighted by molar-refractivity contribution is -0.132. The lowest BCUT2D eigenvalue weighted by Gasteiger charge is -2.22. The summed E-state index contributed by atoms with van der Waals surface area (Å²) in [5.41, 5.74) is 5.87. The van der Waals surface area contributed by atoms with Gasteiger partial charge in [0.2, 0.25) is 5.91 Å². The Morgan fingerprint density at radius 2 is 1.88 bits per heavy atom. The second kappa shape index (κ2) is 4.60. The summed E-state index contributed by atoms with van der Waals surface area (Å²) in [6, 6.07) is 0.228. The number of hydrogen-bond acceptors (Lipinski definition) is 2. The monoisotopic (exact) mass is 236 g/mol. The lowest BCUT2D eigenvalue weighted by Crippen LogP contribution is -2.33. The van der Waals surface area contributed by atoms with Crippen molar-refractivity contribution in [1.82, 2.24) is 4.90 Å². The Kier molecular flexibility index (Phi) is 3.12. The molecule has 0 aromatic rings. The second-order valence-corrected chi connectivity index (χ2v) is 6.24. The van der Waals surface area contributed by atoms with Crippen molar-refractivity contribution in [2.45, 2.75) is 51.0 Å². The van der Waals surface area contributed by atoms with Crippen LogP contribution >= 0.6 is 0 Å². The van der Waals surface area contributed by atoms with Gasteiger partial charge in [-0.25, -0.2) is 0 Å². The molecule has 3 atom stereocenters. The maximum absolute atomic E-state index is 12.3. The molecule has 1 saturated heterocycles. The highest BCUT2D eigenvalue weighted by Gasteiger charge is 2.49. The number of nitrogens with zero attached hydrogens (tertiary/aromatic N) is 1. The van der Waals surface area contributed by atoms with E-state index in [1.165, 1.54) is 32.1 Å². The molecule has 0 bridgehead atoms. The van der Waals surface area contributed by atoms with Gasteiger partial charge in [0, 0.05) is 25.0 Å². The van der Waals surface area contributed by atoms with Gasteiger partial charge in [-0.1, -0.05) is 32.1 Å². The van der Waals surface area contributed by atoms with E-state index in [4.69, 9.17) is 5.73 Å². The minimum Gasteiger partial charge on any atom is -0.341 e. The molecular weight excluding hydrogens is 212 g/mol. The van der Waals surface area contributed by atoms with Crippen LogP contribution in [0.4, 0.5) is 0 Å². The van der Waals surface area contributed by atoms with Crippen LogP contribution < -0.4 is 5.73 Å². The van der Waals surface area contributed by atoms with Gasteiger partial charge in [0.25, 0.3) is 0 Å². The molecule has 0 radical (unpaired) electrons. The van der Waals surface area contributed by atoms with E-state index in [0.717, 1.165) is 37.8 Å². The zero-order valence-electron chi connectivity index (χ0n) is 10.6. The van der Waals surface area contributed by atoms with Crippen LogP contribution in [0.1, 0.15) is 44.9 Å². The van der Waals surface area contributed by atoms with Gasteiger partial charge in [-0.15, -0.1) is 0 Å². The fourth-order valence-corrected chi connectivity index (χ4v) is 3.80. The van der Waals surface area contributed by atoms with Gasteiger partial charge in [-0.2, -0.15) is 0 Å². The SMILES string of the molecule is N[C@@H]1CCN(C(=O)[C@@H]2C[C@H]2C2CCCCC2)C1. The zero-order chi connectivity index (χ0) is 11.8. The number of rotatable bonds is 2. The van der Waals surface area contributed by atoms with E-state index in [2.05, 4.69) is 0 Å². The molecule has 3 aliphatic rings. The van der Waals surface area contributed by atoms with E-state index in [0.29, 0.717) is 11.8 Å². The highest BCUT2D eigenvalue weighted by Crippen LogP contribution is 2.50. The summed E-state index contributed by atoms with van der Waals surface area (Å²) in [5, 5.41) is 0. The Morgan fingerprint density at radius 1 is 1.12 bits per heavy atom. The van der Waals surface area contributed by atoms with Crippen molar-refractivity contribution in [1.29, 1.82) is 0 Å². The largest absolute Gasteiger partial charge is 0.341 e. The molecule has 3 heteroatoms. The number of amides is 1. The van der Waals surface area contributed by atoms with E-state index >= 15 is 0 Å². The van der Waals surface area contributed by atoms with E-state index in [9.17, 15) is 4.79 Å². The van der Waals surface area contributed by atoms with Crippen LogP contribution in [0.15, 0.2) is 0 Å². The molecule has 17 heavy (non-hydrogen) atoms. The number of likely N-dealkylation sites (tertiary alicyclic amines) is 1. The van der Waals surface area contributed by atoms with Gasteiger partial charge in [0.05, 0.1) is 0 Å². The summed E-state index contributed by atoms with van der Waals surface area (Å²) in [6.45, 7) is 1.70. The van der Waals surface area contributed by atoms with Crippen LogP contribution in [0.5, 0.6) is 0 Å². The van der Waals surface area contributed by atoms with Gasteiger partial charge >= 0.3 is 0 Å². The average Bonchev–Trinajstić information content (AvgIpc) is 3.05. The molecule has 0 unspecified atom stereocenters. The molecule has 0 aromatic carbocycles. The topological polar surface area (TPSA) is 46.3 Å². The lowest BCUT2D eigenvalue weighted by atomic mass is 9.85. The van der Waals surface area contributed by atoms with E-state index < -0.39 is 0 Å². The Balaban J connectivity index is 1.51. The molecule has 2 aliphatic carbocycles. The van der Waals surface area contributed by atoms with E-state index in [-0.39, 0.29) is 6.04 Å². The van der Waals surface area contributed by atoms with Crippen LogP contribution in [0.25, 0.3) is 0 Å². The minimum atomic E-state index is 0.228. The summed E-state index contributed by atoms with van der Waals surface area (Å²) in [7, 11) is 0. The molecule has 1 amide bonds. The van der Waals surface area contributed by atoms with Gasteiger partial charge in [-0.05, 0) is 24.7 Å². The number of carbonyl (C=O) groups is 1. The number of carbonyl (C=O) groups excluding carboxylic acids is 1. The van der Waals surface area contributed by atoms with E-state index in [1.807, 2.05) is 4.90 Å². The van der Waals surface area contributed by atoms with Crippen molar-refractivity contribution in [2.24, 2.45) is 23.5 Å². The van der Waals surface area contributed by atoms with Crippen LogP contribution in [0.3, 0.4) is 0 Å². The first kappa shape index (κ1) is 11.5. The van der Waals surface area contributed by atoms with Crippen LogP contribution in [-0.2, 0) is 4.79 Å². The maximum Gasteiger partial charge on any atom is 0.226 e. The molecule has 0 aromatic heterocycles. The van der Waals surface area contributed by atoms with Crippen molar-refractivity contribution in [3.05, 3.63) is 0 Å². The molecule has 3 fully saturated rings. The van der Waals surface area contributed by atoms with E-state index in [1.54, 1.807) is 0 Å².